The maximum Gasteiger partial charge on any atom is 0.261 e. The van der Waals surface area contributed by atoms with Gasteiger partial charge in [0.25, 0.3) is 10.0 Å². The molecule has 0 aliphatic heterocycles. The molecule has 0 amide bonds. The normalized spacial score (nSPS) is 11.4. The van der Waals surface area contributed by atoms with Gasteiger partial charge in [-0.1, -0.05) is 0 Å². The Morgan fingerprint density at radius 1 is 1.00 bits per heavy atom. The van der Waals surface area contributed by atoms with Crippen molar-refractivity contribution in [3.8, 4) is 17.6 Å². The Morgan fingerprint density at radius 3 is 2.23 bits per heavy atom. The molecule has 0 aliphatic carbocycles. The van der Waals surface area contributed by atoms with E-state index in [0.29, 0.717) is 17.1 Å². The number of anilines is 1. The Labute approximate surface area is 175 Å². The van der Waals surface area contributed by atoms with E-state index in [-0.39, 0.29) is 16.2 Å². The van der Waals surface area contributed by atoms with Crippen molar-refractivity contribution in [2.45, 2.75) is 4.90 Å². The van der Waals surface area contributed by atoms with Crippen molar-refractivity contribution in [2.24, 2.45) is 0 Å². The molecule has 0 spiro atoms. The number of aromatic nitrogens is 1. The molecule has 3 rings (SSSR count). The maximum atomic E-state index is 12.9. The highest BCUT2D eigenvalue weighted by atomic mass is 32.2. The zero-order valence-electron chi connectivity index (χ0n) is 16.4. The summed E-state index contributed by atoms with van der Waals surface area (Å²) in [4.78, 5) is 4.03. The zero-order valence-corrected chi connectivity index (χ0v) is 17.2. The van der Waals surface area contributed by atoms with Crippen LogP contribution in [0.5, 0.6) is 11.5 Å². The second kappa shape index (κ2) is 9.11. The molecule has 7 nitrogen and oxygen atoms in total. The van der Waals surface area contributed by atoms with Gasteiger partial charge in [0, 0.05) is 18.0 Å². The Hall–Kier alpha value is -3.83. The third-order valence-electron chi connectivity index (χ3n) is 4.27. The molecule has 3 aromatic rings. The maximum absolute atomic E-state index is 12.9. The van der Waals surface area contributed by atoms with E-state index < -0.39 is 10.0 Å². The summed E-state index contributed by atoms with van der Waals surface area (Å²) in [5, 5.41) is 9.74. The predicted molar refractivity (Wildman–Crippen MR) is 115 cm³/mol. The Balaban J connectivity index is 2.05. The SMILES string of the molecule is COc1ccc(S(=O)(=O)Nc2ccc(OC)cc2/C(C#N)=C/c2ccncc2)cc1. The van der Waals surface area contributed by atoms with Crippen LogP contribution in [-0.2, 0) is 10.0 Å². The van der Waals surface area contributed by atoms with E-state index in [9.17, 15) is 13.7 Å². The van der Waals surface area contributed by atoms with Crippen LogP contribution in [0.4, 0.5) is 5.69 Å². The number of pyridine rings is 1. The van der Waals surface area contributed by atoms with Gasteiger partial charge in [-0.05, 0) is 66.2 Å². The van der Waals surface area contributed by atoms with Crippen molar-refractivity contribution in [1.29, 1.82) is 5.26 Å². The predicted octanol–water partition coefficient (Wildman–Crippen LogP) is 3.96. The number of sulfonamides is 1. The van der Waals surface area contributed by atoms with Crippen LogP contribution in [0, 0.1) is 11.3 Å². The number of methoxy groups -OCH3 is 2. The number of hydrogen-bond acceptors (Lipinski definition) is 6. The molecule has 0 radical (unpaired) electrons. The van der Waals surface area contributed by atoms with Crippen molar-refractivity contribution in [1.82, 2.24) is 4.98 Å². The molecule has 0 aliphatic rings. The first-order valence-electron chi connectivity index (χ1n) is 8.84. The average Bonchev–Trinajstić information content (AvgIpc) is 2.78. The van der Waals surface area contributed by atoms with Crippen molar-refractivity contribution in [3.05, 3.63) is 78.1 Å². The molecule has 1 N–H and O–H groups in total. The average molecular weight is 421 g/mol. The minimum Gasteiger partial charge on any atom is -0.497 e. The lowest BCUT2D eigenvalue weighted by atomic mass is 10.0. The van der Waals surface area contributed by atoms with E-state index in [4.69, 9.17) is 9.47 Å². The van der Waals surface area contributed by atoms with Gasteiger partial charge in [-0.15, -0.1) is 0 Å². The zero-order chi connectivity index (χ0) is 21.6. The van der Waals surface area contributed by atoms with Gasteiger partial charge in [0.15, 0.2) is 0 Å². The van der Waals surface area contributed by atoms with Crippen LogP contribution in [0.25, 0.3) is 11.6 Å². The lowest BCUT2D eigenvalue weighted by Crippen LogP contribution is -2.14. The summed E-state index contributed by atoms with van der Waals surface area (Å²) in [5.74, 6) is 1.04. The summed E-state index contributed by atoms with van der Waals surface area (Å²) >= 11 is 0. The molecule has 8 heteroatoms. The Kier molecular flexibility index (Phi) is 6.35. The van der Waals surface area contributed by atoms with E-state index >= 15 is 0 Å². The topological polar surface area (TPSA) is 101 Å². The van der Waals surface area contributed by atoms with Gasteiger partial charge in [0.1, 0.15) is 11.5 Å². The molecule has 1 heterocycles. The van der Waals surface area contributed by atoms with Gasteiger partial charge < -0.3 is 9.47 Å². The van der Waals surface area contributed by atoms with E-state index in [2.05, 4.69) is 15.8 Å². The van der Waals surface area contributed by atoms with Gasteiger partial charge in [-0.3, -0.25) is 9.71 Å². The number of nitrogens with one attached hydrogen (secondary N) is 1. The standard InChI is InChI=1S/C22H19N3O4S/c1-28-18-3-6-20(7-4-18)30(26,27)25-22-8-5-19(29-2)14-21(22)17(15-23)13-16-9-11-24-12-10-16/h3-14,25H,1-2H3/b17-13+. The second-order valence-corrected chi connectivity index (χ2v) is 7.83. The fraction of sp³-hybridized carbons (Fsp3) is 0.0909. The molecular weight excluding hydrogens is 402 g/mol. The second-order valence-electron chi connectivity index (χ2n) is 6.14. The Morgan fingerprint density at radius 2 is 1.63 bits per heavy atom. The number of rotatable bonds is 7. The molecular formula is C22H19N3O4S. The summed E-state index contributed by atoms with van der Waals surface area (Å²) in [6, 6.07) is 16.4. The van der Waals surface area contributed by atoms with Crippen LogP contribution >= 0.6 is 0 Å². The molecule has 0 saturated carbocycles. The molecule has 0 bridgehead atoms. The first kappa shape index (κ1) is 20.9. The van der Waals surface area contributed by atoms with Crippen LogP contribution in [0.2, 0.25) is 0 Å². The van der Waals surface area contributed by atoms with E-state index in [0.717, 1.165) is 5.56 Å². The summed E-state index contributed by atoms with van der Waals surface area (Å²) < 4.78 is 38.7. The molecule has 2 aromatic carbocycles. The van der Waals surface area contributed by atoms with E-state index in [1.165, 1.54) is 26.4 Å². The number of hydrogen-bond donors (Lipinski definition) is 1. The molecule has 152 valence electrons. The number of ether oxygens (including phenoxy) is 2. The molecule has 0 fully saturated rings. The minimum atomic E-state index is -3.89. The van der Waals surface area contributed by atoms with E-state index in [1.54, 1.807) is 60.9 Å². The first-order chi connectivity index (χ1) is 14.5. The van der Waals surface area contributed by atoms with Gasteiger partial charge in [0.05, 0.1) is 36.4 Å². The fourth-order valence-corrected chi connectivity index (χ4v) is 3.80. The van der Waals surface area contributed by atoms with Gasteiger partial charge in [-0.25, -0.2) is 8.42 Å². The lowest BCUT2D eigenvalue weighted by molar-refractivity contribution is 0.414. The minimum absolute atomic E-state index is 0.0710. The fourth-order valence-electron chi connectivity index (χ4n) is 2.72. The van der Waals surface area contributed by atoms with Crippen LogP contribution in [0.3, 0.4) is 0 Å². The lowest BCUT2D eigenvalue weighted by Gasteiger charge is -2.14. The third-order valence-corrected chi connectivity index (χ3v) is 5.65. The molecule has 0 atom stereocenters. The third kappa shape index (κ3) is 4.77. The van der Waals surface area contributed by atoms with Crippen molar-refractivity contribution >= 4 is 27.4 Å². The Bertz CT molecular complexity index is 1200. The number of nitriles is 1. The van der Waals surface area contributed by atoms with Crippen molar-refractivity contribution in [3.63, 3.8) is 0 Å². The number of benzene rings is 2. The molecule has 1 aromatic heterocycles. The van der Waals surface area contributed by atoms with Gasteiger partial charge in [-0.2, -0.15) is 5.26 Å². The smallest absolute Gasteiger partial charge is 0.261 e. The summed E-state index contributed by atoms with van der Waals surface area (Å²) in [5.41, 5.74) is 1.68. The summed E-state index contributed by atoms with van der Waals surface area (Å²) in [7, 11) is -0.885. The van der Waals surface area contributed by atoms with Crippen LogP contribution < -0.4 is 14.2 Å². The highest BCUT2D eigenvalue weighted by Gasteiger charge is 2.18. The highest BCUT2D eigenvalue weighted by Crippen LogP contribution is 2.31. The van der Waals surface area contributed by atoms with Gasteiger partial charge in [0.2, 0.25) is 0 Å². The summed E-state index contributed by atoms with van der Waals surface area (Å²) in [6.45, 7) is 0. The summed E-state index contributed by atoms with van der Waals surface area (Å²) in [6.07, 6.45) is 4.88. The highest BCUT2D eigenvalue weighted by molar-refractivity contribution is 7.92. The number of nitrogens with zero attached hydrogens (tertiary/aromatic N) is 2. The largest absolute Gasteiger partial charge is 0.497 e. The van der Waals surface area contributed by atoms with Gasteiger partial charge >= 0.3 is 0 Å². The number of allylic oxidation sites excluding steroid dienone is 1. The van der Waals surface area contributed by atoms with Crippen LogP contribution in [-0.4, -0.2) is 27.6 Å². The first-order valence-corrected chi connectivity index (χ1v) is 10.3. The molecule has 30 heavy (non-hydrogen) atoms. The van der Waals surface area contributed by atoms with Crippen molar-refractivity contribution < 1.29 is 17.9 Å². The van der Waals surface area contributed by atoms with Crippen molar-refractivity contribution in [2.75, 3.05) is 18.9 Å². The molecule has 0 saturated heterocycles. The van der Waals surface area contributed by atoms with Crippen LogP contribution in [0.15, 0.2) is 71.9 Å². The van der Waals surface area contributed by atoms with E-state index in [1.807, 2.05) is 0 Å². The quantitative estimate of drug-likeness (QED) is 0.580. The van der Waals surface area contributed by atoms with Crippen LogP contribution in [0.1, 0.15) is 11.1 Å². The molecule has 0 unspecified atom stereocenters. The monoisotopic (exact) mass is 421 g/mol.